The van der Waals surface area contributed by atoms with Gasteiger partial charge in [0, 0.05) is 32.8 Å². The predicted molar refractivity (Wildman–Crippen MR) is 98.9 cm³/mol. The van der Waals surface area contributed by atoms with Crippen molar-refractivity contribution in [2.45, 2.75) is 31.9 Å². The Kier molecular flexibility index (Phi) is 6.41. The predicted octanol–water partition coefficient (Wildman–Crippen LogP) is 2.60. The highest BCUT2D eigenvalue weighted by Gasteiger charge is 2.23. The van der Waals surface area contributed by atoms with E-state index in [1.807, 2.05) is 13.1 Å². The van der Waals surface area contributed by atoms with E-state index in [2.05, 4.69) is 34.3 Å². The van der Waals surface area contributed by atoms with Gasteiger partial charge in [0.25, 0.3) is 5.91 Å². The molecule has 1 fully saturated rings. The number of hydrogen-bond donors (Lipinski definition) is 0. The van der Waals surface area contributed by atoms with E-state index in [1.54, 1.807) is 18.0 Å². The highest BCUT2D eigenvalue weighted by Crippen LogP contribution is 2.15. The second-order valence-electron chi connectivity index (χ2n) is 6.97. The molecule has 6 heteroatoms. The van der Waals surface area contributed by atoms with E-state index in [1.165, 1.54) is 5.56 Å². The van der Waals surface area contributed by atoms with Crippen LogP contribution in [0.15, 0.2) is 40.9 Å². The van der Waals surface area contributed by atoms with Gasteiger partial charge in [-0.3, -0.25) is 9.69 Å². The van der Waals surface area contributed by atoms with Crippen LogP contribution in [-0.4, -0.2) is 60.8 Å². The van der Waals surface area contributed by atoms with Crippen molar-refractivity contribution < 1.29 is 14.1 Å². The van der Waals surface area contributed by atoms with E-state index in [-0.39, 0.29) is 12.0 Å². The quantitative estimate of drug-likeness (QED) is 0.727. The van der Waals surface area contributed by atoms with Crippen LogP contribution in [0.25, 0.3) is 0 Å². The molecule has 1 saturated heterocycles. The van der Waals surface area contributed by atoms with Gasteiger partial charge in [0.15, 0.2) is 11.5 Å². The van der Waals surface area contributed by atoms with Crippen molar-refractivity contribution in [3.05, 3.63) is 53.4 Å². The van der Waals surface area contributed by atoms with Gasteiger partial charge in [0.05, 0.1) is 12.6 Å². The number of carbonyl (C=O) groups excluding carboxylic acids is 1. The Bertz CT molecular complexity index is 695. The molecule has 1 aliphatic rings. The number of benzene rings is 1. The van der Waals surface area contributed by atoms with Crippen molar-refractivity contribution in [3.63, 3.8) is 0 Å². The van der Waals surface area contributed by atoms with Gasteiger partial charge >= 0.3 is 0 Å². The maximum atomic E-state index is 12.5. The molecule has 2 heterocycles. The maximum Gasteiger partial charge on any atom is 0.275 e. The van der Waals surface area contributed by atoms with Gasteiger partial charge < -0.3 is 14.2 Å². The van der Waals surface area contributed by atoms with Crippen LogP contribution in [0.5, 0.6) is 0 Å². The summed E-state index contributed by atoms with van der Waals surface area (Å²) < 4.78 is 10.9. The summed E-state index contributed by atoms with van der Waals surface area (Å²) in [6.45, 7) is 2.92. The van der Waals surface area contributed by atoms with Crippen LogP contribution in [-0.2, 0) is 17.7 Å². The van der Waals surface area contributed by atoms with Crippen molar-refractivity contribution >= 4 is 5.91 Å². The summed E-state index contributed by atoms with van der Waals surface area (Å²) in [5, 5.41) is 3.95. The van der Waals surface area contributed by atoms with Crippen molar-refractivity contribution in [2.75, 3.05) is 33.8 Å². The SMILES string of the molecule is CN(CCc1ccccc1)Cc1cc(C(=O)N(C)CC2CCCO2)no1. The molecule has 0 radical (unpaired) electrons. The van der Waals surface area contributed by atoms with Crippen molar-refractivity contribution in [3.8, 4) is 0 Å². The molecule has 1 aliphatic heterocycles. The number of carbonyl (C=O) groups is 1. The first-order valence-electron chi connectivity index (χ1n) is 9.17. The molecule has 2 aromatic rings. The lowest BCUT2D eigenvalue weighted by Crippen LogP contribution is -2.34. The number of ether oxygens (including phenoxy) is 1. The van der Waals surface area contributed by atoms with Gasteiger partial charge in [-0.2, -0.15) is 0 Å². The molecular weight excluding hydrogens is 330 g/mol. The van der Waals surface area contributed by atoms with Crippen molar-refractivity contribution in [1.82, 2.24) is 15.0 Å². The Morgan fingerprint density at radius 2 is 2.08 bits per heavy atom. The lowest BCUT2D eigenvalue weighted by atomic mass is 10.1. The number of amides is 1. The number of likely N-dealkylation sites (N-methyl/N-ethyl adjacent to an activating group) is 2. The summed E-state index contributed by atoms with van der Waals surface area (Å²) in [6.07, 6.45) is 3.19. The van der Waals surface area contributed by atoms with E-state index >= 15 is 0 Å². The van der Waals surface area contributed by atoms with Gasteiger partial charge in [0.1, 0.15) is 0 Å². The lowest BCUT2D eigenvalue weighted by Gasteiger charge is -2.19. The molecule has 1 aromatic carbocycles. The molecular formula is C20H27N3O3. The maximum absolute atomic E-state index is 12.5. The number of hydrogen-bond acceptors (Lipinski definition) is 5. The smallest absolute Gasteiger partial charge is 0.275 e. The van der Waals surface area contributed by atoms with Gasteiger partial charge in [-0.1, -0.05) is 35.5 Å². The highest BCUT2D eigenvalue weighted by molar-refractivity contribution is 5.92. The van der Waals surface area contributed by atoms with Crippen LogP contribution in [0.3, 0.4) is 0 Å². The minimum absolute atomic E-state index is 0.123. The van der Waals surface area contributed by atoms with Crippen LogP contribution in [0.4, 0.5) is 0 Å². The van der Waals surface area contributed by atoms with Crippen LogP contribution in [0, 0.1) is 0 Å². The third-order valence-electron chi connectivity index (χ3n) is 4.68. The molecule has 26 heavy (non-hydrogen) atoms. The molecule has 1 amide bonds. The Labute approximate surface area is 154 Å². The second-order valence-corrected chi connectivity index (χ2v) is 6.97. The Balaban J connectivity index is 1.47. The van der Waals surface area contributed by atoms with Gasteiger partial charge in [0.2, 0.25) is 0 Å². The molecule has 1 aromatic heterocycles. The first-order chi connectivity index (χ1) is 12.6. The fourth-order valence-corrected chi connectivity index (χ4v) is 3.17. The van der Waals surface area contributed by atoms with Crippen molar-refractivity contribution in [1.29, 1.82) is 0 Å². The minimum atomic E-state index is -0.123. The Hall–Kier alpha value is -2.18. The average molecular weight is 357 g/mol. The van der Waals surface area contributed by atoms with Gasteiger partial charge in [-0.15, -0.1) is 0 Å². The average Bonchev–Trinajstić information content (AvgIpc) is 3.32. The molecule has 0 N–H and O–H groups in total. The highest BCUT2D eigenvalue weighted by atomic mass is 16.5. The normalized spacial score (nSPS) is 17.0. The summed E-state index contributed by atoms with van der Waals surface area (Å²) in [4.78, 5) is 16.3. The van der Waals surface area contributed by atoms with Gasteiger partial charge in [-0.05, 0) is 31.9 Å². The number of rotatable bonds is 8. The minimum Gasteiger partial charge on any atom is -0.376 e. The lowest BCUT2D eigenvalue weighted by molar-refractivity contribution is 0.0579. The molecule has 0 aliphatic carbocycles. The third-order valence-corrected chi connectivity index (χ3v) is 4.68. The Morgan fingerprint density at radius 1 is 1.27 bits per heavy atom. The zero-order chi connectivity index (χ0) is 18.4. The van der Waals surface area contributed by atoms with E-state index in [0.29, 0.717) is 24.5 Å². The second kappa shape index (κ2) is 8.96. The van der Waals surface area contributed by atoms with Crippen LogP contribution >= 0.6 is 0 Å². The van der Waals surface area contributed by atoms with E-state index in [0.717, 1.165) is 32.4 Å². The molecule has 0 bridgehead atoms. The summed E-state index contributed by atoms with van der Waals surface area (Å²) in [5.41, 5.74) is 1.67. The largest absolute Gasteiger partial charge is 0.376 e. The molecule has 140 valence electrons. The zero-order valence-electron chi connectivity index (χ0n) is 15.6. The molecule has 0 spiro atoms. The first-order valence-corrected chi connectivity index (χ1v) is 9.17. The molecule has 6 nitrogen and oxygen atoms in total. The van der Waals surface area contributed by atoms with Crippen LogP contribution in [0.1, 0.15) is 34.7 Å². The summed E-state index contributed by atoms with van der Waals surface area (Å²) in [5.74, 6) is 0.580. The summed E-state index contributed by atoms with van der Waals surface area (Å²) >= 11 is 0. The Morgan fingerprint density at radius 3 is 2.81 bits per heavy atom. The molecule has 1 atom stereocenters. The standard InChI is InChI=1S/C20H27N3O3/c1-22(11-10-16-7-4-3-5-8-16)14-18-13-19(21-26-18)20(24)23(2)15-17-9-6-12-25-17/h3-5,7-8,13,17H,6,9-12,14-15H2,1-2H3. The fraction of sp³-hybridized carbons (Fsp3) is 0.500. The van der Waals surface area contributed by atoms with E-state index < -0.39 is 0 Å². The van der Waals surface area contributed by atoms with E-state index in [4.69, 9.17) is 9.26 Å². The molecule has 3 rings (SSSR count). The van der Waals surface area contributed by atoms with Crippen LogP contribution in [0.2, 0.25) is 0 Å². The van der Waals surface area contributed by atoms with Crippen LogP contribution < -0.4 is 0 Å². The van der Waals surface area contributed by atoms with Gasteiger partial charge in [-0.25, -0.2) is 0 Å². The monoisotopic (exact) mass is 357 g/mol. The zero-order valence-corrected chi connectivity index (χ0v) is 15.6. The number of aromatic nitrogens is 1. The third kappa shape index (κ3) is 5.16. The first kappa shape index (κ1) is 18.6. The number of nitrogens with zero attached hydrogens (tertiary/aromatic N) is 3. The molecule has 0 saturated carbocycles. The van der Waals surface area contributed by atoms with Crippen molar-refractivity contribution in [2.24, 2.45) is 0 Å². The summed E-state index contributed by atoms with van der Waals surface area (Å²) in [6, 6.07) is 12.1. The topological polar surface area (TPSA) is 58.8 Å². The van der Waals surface area contributed by atoms with E-state index in [9.17, 15) is 4.79 Å². The fourth-order valence-electron chi connectivity index (χ4n) is 3.17. The molecule has 1 unspecified atom stereocenters. The summed E-state index contributed by atoms with van der Waals surface area (Å²) in [7, 11) is 3.82.